The molecule has 3 nitrogen and oxygen atoms in total. The Bertz CT molecular complexity index is 608. The highest BCUT2D eigenvalue weighted by Gasteiger charge is 2.05. The third-order valence-electron chi connectivity index (χ3n) is 2.95. The Kier molecular flexibility index (Phi) is 4.79. The molecule has 0 saturated carbocycles. The van der Waals surface area contributed by atoms with E-state index in [1.807, 2.05) is 56.3 Å². The van der Waals surface area contributed by atoms with Crippen molar-refractivity contribution in [2.75, 3.05) is 5.32 Å². The van der Waals surface area contributed by atoms with Gasteiger partial charge in [-0.15, -0.1) is 0 Å². The van der Waals surface area contributed by atoms with Gasteiger partial charge in [-0.1, -0.05) is 35.9 Å². The molecule has 2 aromatic rings. The van der Waals surface area contributed by atoms with Gasteiger partial charge in [0.15, 0.2) is 0 Å². The maximum atomic E-state index is 11.8. The van der Waals surface area contributed by atoms with Gasteiger partial charge in [-0.05, 0) is 53.0 Å². The predicted molar refractivity (Wildman–Crippen MR) is 85.9 cm³/mol. The maximum Gasteiger partial charge on any atom is 0.319 e. The van der Waals surface area contributed by atoms with Crippen LogP contribution >= 0.6 is 15.9 Å². The number of halogens is 1. The molecule has 0 spiro atoms. The van der Waals surface area contributed by atoms with Gasteiger partial charge in [0.1, 0.15) is 0 Å². The molecule has 2 aromatic carbocycles. The van der Waals surface area contributed by atoms with Gasteiger partial charge in [-0.2, -0.15) is 0 Å². The number of aryl methyl sites for hydroxylation is 2. The predicted octanol–water partition coefficient (Wildman–Crippen LogP) is 4.39. The average Bonchev–Trinajstić information content (AvgIpc) is 2.41. The molecule has 0 unspecified atom stereocenters. The number of carbonyl (C=O) groups is 1. The van der Waals surface area contributed by atoms with Crippen molar-refractivity contribution in [2.45, 2.75) is 20.4 Å². The highest BCUT2D eigenvalue weighted by molar-refractivity contribution is 9.10. The van der Waals surface area contributed by atoms with Crippen LogP contribution in [0.2, 0.25) is 0 Å². The van der Waals surface area contributed by atoms with Crippen LogP contribution in [0.3, 0.4) is 0 Å². The fourth-order valence-electron chi connectivity index (χ4n) is 1.78. The van der Waals surface area contributed by atoms with Crippen molar-refractivity contribution in [3.63, 3.8) is 0 Å². The molecule has 104 valence electrons. The molecule has 0 heterocycles. The van der Waals surface area contributed by atoms with Crippen LogP contribution in [0.1, 0.15) is 16.7 Å². The Morgan fingerprint density at radius 3 is 2.35 bits per heavy atom. The first-order chi connectivity index (χ1) is 9.54. The summed E-state index contributed by atoms with van der Waals surface area (Å²) >= 11 is 3.44. The topological polar surface area (TPSA) is 41.1 Å². The van der Waals surface area contributed by atoms with Crippen molar-refractivity contribution >= 4 is 27.6 Å². The Labute approximate surface area is 127 Å². The Balaban J connectivity index is 1.90. The molecule has 4 heteroatoms. The summed E-state index contributed by atoms with van der Waals surface area (Å²) in [7, 11) is 0. The number of amides is 2. The van der Waals surface area contributed by atoms with E-state index in [2.05, 4.69) is 26.6 Å². The minimum Gasteiger partial charge on any atom is -0.334 e. The molecule has 0 radical (unpaired) electrons. The van der Waals surface area contributed by atoms with Crippen LogP contribution in [0.15, 0.2) is 46.9 Å². The van der Waals surface area contributed by atoms with Crippen LogP contribution in [-0.4, -0.2) is 6.03 Å². The van der Waals surface area contributed by atoms with E-state index < -0.39 is 0 Å². The monoisotopic (exact) mass is 332 g/mol. The van der Waals surface area contributed by atoms with Crippen LogP contribution in [0, 0.1) is 13.8 Å². The van der Waals surface area contributed by atoms with E-state index in [-0.39, 0.29) is 6.03 Å². The van der Waals surface area contributed by atoms with Gasteiger partial charge in [-0.25, -0.2) is 4.79 Å². The lowest BCUT2D eigenvalue weighted by atomic mass is 10.1. The summed E-state index contributed by atoms with van der Waals surface area (Å²) in [5.41, 5.74) is 4.19. The minimum atomic E-state index is -0.213. The molecule has 0 aliphatic rings. The maximum absolute atomic E-state index is 11.8. The third-order valence-corrected chi connectivity index (χ3v) is 3.60. The van der Waals surface area contributed by atoms with Gasteiger partial charge in [0.2, 0.25) is 0 Å². The second-order valence-corrected chi connectivity index (χ2v) is 5.63. The lowest BCUT2D eigenvalue weighted by Gasteiger charge is -2.10. The lowest BCUT2D eigenvalue weighted by molar-refractivity contribution is 0.251. The van der Waals surface area contributed by atoms with Crippen LogP contribution in [0.5, 0.6) is 0 Å². The van der Waals surface area contributed by atoms with E-state index in [0.717, 1.165) is 21.3 Å². The Morgan fingerprint density at radius 1 is 1.05 bits per heavy atom. The standard InChI is InChI=1S/C16H17BrN2O/c1-11-3-6-13(7-4-11)10-18-16(20)19-15-8-5-12(2)9-14(15)17/h3-9H,10H2,1-2H3,(H2,18,19,20). The van der Waals surface area contributed by atoms with Crippen LogP contribution in [0.4, 0.5) is 10.5 Å². The summed E-state index contributed by atoms with van der Waals surface area (Å²) in [6.45, 7) is 4.56. The number of rotatable bonds is 3. The van der Waals surface area contributed by atoms with E-state index in [9.17, 15) is 4.79 Å². The summed E-state index contributed by atoms with van der Waals surface area (Å²) in [6.07, 6.45) is 0. The first kappa shape index (κ1) is 14.6. The van der Waals surface area contributed by atoms with Crippen LogP contribution in [-0.2, 0) is 6.54 Å². The third kappa shape index (κ3) is 4.10. The molecule has 0 aromatic heterocycles. The number of carbonyl (C=O) groups excluding carboxylic acids is 1. The first-order valence-corrected chi connectivity index (χ1v) is 7.20. The van der Waals surface area contributed by atoms with Crippen molar-refractivity contribution in [3.05, 3.63) is 63.6 Å². The fourth-order valence-corrected chi connectivity index (χ4v) is 2.37. The molecule has 0 aliphatic heterocycles. The molecule has 2 rings (SSSR count). The molecule has 20 heavy (non-hydrogen) atoms. The molecule has 0 fully saturated rings. The molecular formula is C16H17BrN2O. The average molecular weight is 333 g/mol. The Morgan fingerprint density at radius 2 is 1.70 bits per heavy atom. The van der Waals surface area contributed by atoms with Gasteiger partial charge in [-0.3, -0.25) is 0 Å². The van der Waals surface area contributed by atoms with E-state index in [4.69, 9.17) is 0 Å². The minimum absolute atomic E-state index is 0.213. The summed E-state index contributed by atoms with van der Waals surface area (Å²) in [5.74, 6) is 0. The summed E-state index contributed by atoms with van der Waals surface area (Å²) in [6, 6.07) is 13.7. The second-order valence-electron chi connectivity index (χ2n) is 4.78. The Hall–Kier alpha value is -1.81. The van der Waals surface area contributed by atoms with E-state index in [1.165, 1.54) is 5.56 Å². The van der Waals surface area contributed by atoms with Crippen molar-refractivity contribution in [1.82, 2.24) is 5.32 Å². The van der Waals surface area contributed by atoms with E-state index in [0.29, 0.717) is 6.54 Å². The fraction of sp³-hybridized carbons (Fsp3) is 0.188. The number of urea groups is 1. The second kappa shape index (κ2) is 6.57. The highest BCUT2D eigenvalue weighted by Crippen LogP contribution is 2.23. The molecule has 0 bridgehead atoms. The molecule has 0 aliphatic carbocycles. The molecule has 0 saturated heterocycles. The zero-order valence-electron chi connectivity index (χ0n) is 11.5. The zero-order chi connectivity index (χ0) is 14.5. The van der Waals surface area contributed by atoms with Crippen molar-refractivity contribution in [1.29, 1.82) is 0 Å². The summed E-state index contributed by atoms with van der Waals surface area (Å²) < 4.78 is 0.878. The number of hydrogen-bond acceptors (Lipinski definition) is 1. The summed E-state index contributed by atoms with van der Waals surface area (Å²) in [4.78, 5) is 11.8. The lowest BCUT2D eigenvalue weighted by Crippen LogP contribution is -2.28. The van der Waals surface area contributed by atoms with Crippen molar-refractivity contribution in [2.24, 2.45) is 0 Å². The molecule has 2 amide bonds. The zero-order valence-corrected chi connectivity index (χ0v) is 13.1. The smallest absolute Gasteiger partial charge is 0.319 e. The number of anilines is 1. The summed E-state index contributed by atoms with van der Waals surface area (Å²) in [5, 5.41) is 5.66. The molecular weight excluding hydrogens is 316 g/mol. The number of hydrogen-bond donors (Lipinski definition) is 2. The first-order valence-electron chi connectivity index (χ1n) is 6.41. The van der Waals surface area contributed by atoms with Crippen molar-refractivity contribution in [3.8, 4) is 0 Å². The molecule has 0 atom stereocenters. The normalized spacial score (nSPS) is 10.2. The molecule has 2 N–H and O–H groups in total. The van der Waals surface area contributed by atoms with Gasteiger partial charge in [0.25, 0.3) is 0 Å². The highest BCUT2D eigenvalue weighted by atomic mass is 79.9. The SMILES string of the molecule is Cc1ccc(CNC(=O)Nc2ccc(C)cc2Br)cc1. The van der Waals surface area contributed by atoms with Gasteiger partial charge in [0, 0.05) is 11.0 Å². The van der Waals surface area contributed by atoms with Gasteiger partial charge >= 0.3 is 6.03 Å². The van der Waals surface area contributed by atoms with Gasteiger partial charge < -0.3 is 10.6 Å². The number of nitrogens with one attached hydrogen (secondary N) is 2. The van der Waals surface area contributed by atoms with E-state index >= 15 is 0 Å². The number of benzene rings is 2. The van der Waals surface area contributed by atoms with Gasteiger partial charge in [0.05, 0.1) is 5.69 Å². The van der Waals surface area contributed by atoms with E-state index in [1.54, 1.807) is 0 Å². The van der Waals surface area contributed by atoms with Crippen LogP contribution in [0.25, 0.3) is 0 Å². The quantitative estimate of drug-likeness (QED) is 0.859. The van der Waals surface area contributed by atoms with Crippen molar-refractivity contribution < 1.29 is 4.79 Å². The largest absolute Gasteiger partial charge is 0.334 e. The van der Waals surface area contributed by atoms with Crippen LogP contribution < -0.4 is 10.6 Å².